The minimum Gasteiger partial charge on any atom is -0.493 e. The molecule has 5 N–H and O–H groups in total. The Balaban J connectivity index is 0.974. The van der Waals surface area contributed by atoms with E-state index in [1.807, 2.05) is 19.9 Å². The topological polar surface area (TPSA) is 291 Å². The van der Waals surface area contributed by atoms with Gasteiger partial charge in [-0.25, -0.2) is 18.0 Å². The molecule has 4 heterocycles. The minimum absolute atomic E-state index is 0.0257. The number of sulfone groups is 1. The molecule has 75 heavy (non-hydrogen) atoms. The van der Waals surface area contributed by atoms with Crippen LogP contribution < -0.4 is 25.4 Å². The van der Waals surface area contributed by atoms with Crippen LogP contribution in [0.3, 0.4) is 0 Å². The van der Waals surface area contributed by atoms with E-state index in [0.717, 1.165) is 5.56 Å². The molecule has 6 rings (SSSR count). The summed E-state index contributed by atoms with van der Waals surface area (Å²) in [7, 11) is -1.03. The highest BCUT2D eigenvalue weighted by Crippen LogP contribution is 2.52. The molecule has 2 aromatic rings. The number of aryl methyl sites for hydroxylation is 1. The van der Waals surface area contributed by atoms with Crippen LogP contribution in [0.5, 0.6) is 11.5 Å². The minimum atomic E-state index is -4.05. The van der Waals surface area contributed by atoms with Gasteiger partial charge in [-0.3, -0.25) is 28.8 Å². The number of methoxy groups -OCH3 is 2. The van der Waals surface area contributed by atoms with E-state index in [9.17, 15) is 57.0 Å². The number of hydrogen-bond acceptors (Lipinski definition) is 17. The number of ketones is 2. The average molecular weight is 1080 g/mol. The summed E-state index contributed by atoms with van der Waals surface area (Å²) in [4.78, 5) is 108. The molecule has 0 spiro atoms. The van der Waals surface area contributed by atoms with Crippen LogP contribution in [0.4, 0.5) is 5.69 Å². The quantitative estimate of drug-likeness (QED) is 0.0392. The van der Waals surface area contributed by atoms with Crippen LogP contribution in [-0.4, -0.2) is 170 Å². The van der Waals surface area contributed by atoms with Crippen molar-refractivity contribution >= 4 is 74.4 Å². The first-order valence-corrected chi connectivity index (χ1v) is 27.8. The number of carboxylic acids is 1. The smallest absolute Gasteiger partial charge is 0.353 e. The molecule has 4 aliphatic rings. The van der Waals surface area contributed by atoms with Gasteiger partial charge in [-0.15, -0.1) is 11.8 Å². The van der Waals surface area contributed by atoms with Gasteiger partial charge in [0.25, 0.3) is 5.91 Å². The third-order valence-electron chi connectivity index (χ3n) is 14.3. The highest BCUT2D eigenvalue weighted by atomic mass is 32.2. The van der Waals surface area contributed by atoms with Gasteiger partial charge in [-0.2, -0.15) is 0 Å². The lowest BCUT2D eigenvalue weighted by Gasteiger charge is -2.46. The molecule has 4 aliphatic heterocycles. The summed E-state index contributed by atoms with van der Waals surface area (Å²) in [6.45, 7) is 7.99. The number of nitrogens with one attached hydrogen (secondary N) is 3. The van der Waals surface area contributed by atoms with Crippen LogP contribution in [0.2, 0.25) is 0 Å². The summed E-state index contributed by atoms with van der Waals surface area (Å²) < 4.78 is 48.6. The fraction of sp³-hybridized carbons (Fsp3) is 0.577. The molecule has 21 nitrogen and oxygen atoms in total. The van der Waals surface area contributed by atoms with E-state index in [2.05, 4.69) is 16.0 Å². The monoisotopic (exact) mass is 1080 g/mol. The molecule has 2 aromatic carbocycles. The number of aliphatic carboxylic acids is 1. The number of anilines is 1. The van der Waals surface area contributed by atoms with Gasteiger partial charge in [-0.05, 0) is 81.7 Å². The summed E-state index contributed by atoms with van der Waals surface area (Å²) in [6.07, 6.45) is 1.10. The number of amides is 4. The number of hydrogen-bond donors (Lipinski definition) is 5. The maximum atomic E-state index is 13.8. The fourth-order valence-electron chi connectivity index (χ4n) is 9.67. The molecule has 410 valence electrons. The molecule has 0 unspecified atom stereocenters. The molecule has 0 radical (unpaired) electrons. The van der Waals surface area contributed by atoms with Crippen LogP contribution >= 0.6 is 11.8 Å². The predicted molar refractivity (Wildman–Crippen MR) is 275 cm³/mol. The summed E-state index contributed by atoms with van der Waals surface area (Å²) in [5.41, 5.74) is 0.0803. The number of carboxylic acid groups (broad SMARTS) is 1. The average Bonchev–Trinajstić information content (AvgIpc) is 3.95. The van der Waals surface area contributed by atoms with E-state index in [1.54, 1.807) is 32.0 Å². The van der Waals surface area contributed by atoms with Crippen molar-refractivity contribution in [1.29, 1.82) is 0 Å². The van der Waals surface area contributed by atoms with Crippen LogP contribution in [0, 0.1) is 17.3 Å². The summed E-state index contributed by atoms with van der Waals surface area (Å²) >= 11 is 1.30. The van der Waals surface area contributed by atoms with Crippen molar-refractivity contribution in [2.24, 2.45) is 17.3 Å². The zero-order chi connectivity index (χ0) is 54.9. The number of carbonyl (C=O) groups excluding carboxylic acids is 7. The molecule has 4 amide bonds. The van der Waals surface area contributed by atoms with Crippen LogP contribution in [0.25, 0.3) is 0 Å². The third kappa shape index (κ3) is 14.1. The van der Waals surface area contributed by atoms with Crippen LogP contribution in [-0.2, 0) is 59.3 Å². The summed E-state index contributed by atoms with van der Waals surface area (Å²) in [5.74, 6) is -7.00. The molecular formula is C52H69N5O16S2. The van der Waals surface area contributed by atoms with E-state index in [1.165, 1.54) is 60.9 Å². The second-order valence-electron chi connectivity index (χ2n) is 20.0. The lowest BCUT2D eigenvalue weighted by atomic mass is 9.79. The lowest BCUT2D eigenvalue weighted by molar-refractivity contribution is -0.166. The van der Waals surface area contributed by atoms with Gasteiger partial charge in [-0.1, -0.05) is 45.9 Å². The first-order valence-electron chi connectivity index (χ1n) is 25.1. The van der Waals surface area contributed by atoms with Gasteiger partial charge in [0, 0.05) is 52.4 Å². The van der Waals surface area contributed by atoms with Gasteiger partial charge in [0.15, 0.2) is 27.1 Å². The molecule has 0 aromatic heterocycles. The van der Waals surface area contributed by atoms with Crippen molar-refractivity contribution in [2.75, 3.05) is 63.9 Å². The number of Topliss-reactive ketones (excluding diaryl/α,β-unsaturated/α-hetero) is 2. The van der Waals surface area contributed by atoms with Crippen molar-refractivity contribution in [2.45, 2.75) is 115 Å². The Morgan fingerprint density at radius 1 is 1.01 bits per heavy atom. The van der Waals surface area contributed by atoms with Gasteiger partial charge in [0.2, 0.25) is 23.5 Å². The van der Waals surface area contributed by atoms with Gasteiger partial charge in [0.1, 0.15) is 30.2 Å². The Morgan fingerprint density at radius 3 is 2.43 bits per heavy atom. The summed E-state index contributed by atoms with van der Waals surface area (Å²) in [5, 5.41) is 28.3. The standard InChI is InChI=1S/C52H69N5O16S2/c1-8-52(4,5)46(61)49(64)56-20-10-9-14-37(56)51(67)73-34(17-15-31-16-18-39(70-6)40(22-31)71-7)26-72-27-41(60)53-19-21-75(68,69)28-38(59)32-12-11-13-33(23-32)55-47(62)36-24-35(25-54-36)74-45-29(2)43-42(30(3)58)48(63)57(43)44(45)50(65)66/h11-13,16,18,22-23,29-30,34-37,42-43,54,58H,8-10,14-15,17,19-21,24-28H2,1-7H3,(H,53,60)(H,55,62)(H,65,66)/t29-,30-,34-,35+,36+,37+,42-,43-/m1/s1. The predicted octanol–water partition coefficient (Wildman–Crippen LogP) is 2.92. The van der Waals surface area contributed by atoms with E-state index in [0.29, 0.717) is 61.5 Å². The van der Waals surface area contributed by atoms with Crippen molar-refractivity contribution in [3.63, 3.8) is 0 Å². The maximum Gasteiger partial charge on any atom is 0.353 e. The lowest BCUT2D eigenvalue weighted by Crippen LogP contribution is -2.63. The van der Waals surface area contributed by atoms with E-state index >= 15 is 0 Å². The van der Waals surface area contributed by atoms with Gasteiger partial charge in [0.05, 0.1) is 50.7 Å². The third-order valence-corrected chi connectivity index (χ3v) is 17.3. The van der Waals surface area contributed by atoms with E-state index < -0.39 is 117 Å². The number of rotatable bonds is 26. The van der Waals surface area contributed by atoms with E-state index in [-0.39, 0.29) is 54.2 Å². The molecule has 0 aliphatic carbocycles. The van der Waals surface area contributed by atoms with Crippen molar-refractivity contribution in [3.05, 3.63) is 64.2 Å². The fourth-order valence-corrected chi connectivity index (χ4v) is 12.3. The highest BCUT2D eigenvalue weighted by molar-refractivity contribution is 8.03. The Morgan fingerprint density at radius 2 is 1.75 bits per heavy atom. The Hall–Kier alpha value is -5.88. The zero-order valence-corrected chi connectivity index (χ0v) is 45.0. The second-order valence-corrected chi connectivity index (χ2v) is 23.5. The number of thioether (sulfide) groups is 1. The Labute approximate surface area is 441 Å². The maximum absolute atomic E-state index is 13.8. The number of likely N-dealkylation sites (tertiary alicyclic amines) is 1. The largest absolute Gasteiger partial charge is 0.493 e. The SMILES string of the molecule is CCC(C)(C)C(=O)C(=O)N1CCCC[C@H]1C(=O)O[C@H](CCc1ccc(OC)c(OC)c1)COCC(=O)NCCS(=O)(=O)CC(=O)c1cccc(NC(=O)[C@@H]2C[C@H](SC3=C(C(=O)O)N4C(=O)[C@H]([C@@H](C)O)[C@H]4[C@H]3C)CN2)c1. The van der Waals surface area contributed by atoms with Crippen molar-refractivity contribution < 1.29 is 75.9 Å². The molecule has 8 atom stereocenters. The molecule has 3 fully saturated rings. The number of carbonyl (C=O) groups is 8. The highest BCUT2D eigenvalue weighted by Gasteiger charge is 2.60. The normalized spacial score (nSPS) is 22.4. The summed E-state index contributed by atoms with van der Waals surface area (Å²) in [6, 6.07) is 9.01. The molecule has 0 saturated carbocycles. The number of piperidine rings is 1. The zero-order valence-electron chi connectivity index (χ0n) is 43.4. The first-order chi connectivity index (χ1) is 35.5. The second kappa shape index (κ2) is 25.3. The number of aliphatic hydroxyl groups is 1. The number of aliphatic hydroxyl groups excluding tert-OH is 1. The Kier molecular flexibility index (Phi) is 19.7. The van der Waals surface area contributed by atoms with Gasteiger partial charge >= 0.3 is 11.9 Å². The number of nitrogens with zero attached hydrogens (tertiary/aromatic N) is 2. The number of benzene rings is 2. The van der Waals surface area contributed by atoms with Crippen LogP contribution in [0.15, 0.2) is 53.1 Å². The first kappa shape index (κ1) is 58.4. The van der Waals surface area contributed by atoms with Crippen molar-refractivity contribution in [3.8, 4) is 11.5 Å². The number of esters is 1. The molecule has 3 saturated heterocycles. The molecule has 23 heteroatoms. The van der Waals surface area contributed by atoms with Crippen LogP contribution in [0.1, 0.15) is 89.1 Å². The van der Waals surface area contributed by atoms with Crippen molar-refractivity contribution in [1.82, 2.24) is 20.4 Å². The Bertz CT molecular complexity index is 2660. The van der Waals surface area contributed by atoms with Gasteiger partial charge < -0.3 is 54.9 Å². The van der Waals surface area contributed by atoms with E-state index in [4.69, 9.17) is 18.9 Å². The number of β-lactam (4-membered cyclic amide) rings is 1. The number of ether oxygens (including phenoxy) is 4. The number of fused-ring (bicyclic) bond motifs is 1. The molecule has 0 bridgehead atoms. The molecular weight excluding hydrogens is 1010 g/mol.